The number of halogens is 2. The Morgan fingerprint density at radius 2 is 2.21 bits per heavy atom. The molecule has 1 fully saturated rings. The fourth-order valence-corrected chi connectivity index (χ4v) is 2.76. The first kappa shape index (κ1) is 14.7. The van der Waals surface area contributed by atoms with E-state index in [1.54, 1.807) is 12.1 Å². The van der Waals surface area contributed by atoms with Gasteiger partial charge in [0.15, 0.2) is 0 Å². The zero-order chi connectivity index (χ0) is 14.0. The van der Waals surface area contributed by atoms with E-state index in [2.05, 4.69) is 23.8 Å². The highest BCUT2D eigenvalue weighted by Crippen LogP contribution is 2.26. The molecule has 5 heteroatoms. The normalized spacial score (nSPS) is 23.5. The summed E-state index contributed by atoms with van der Waals surface area (Å²) in [6, 6.07) is 5.21. The minimum absolute atomic E-state index is 0.0755. The largest absolute Gasteiger partial charge is 0.329 e. The van der Waals surface area contributed by atoms with Gasteiger partial charge in [-0.15, -0.1) is 0 Å². The van der Waals surface area contributed by atoms with Gasteiger partial charge in [-0.05, 0) is 26.1 Å². The second-order valence-corrected chi connectivity index (χ2v) is 5.68. The van der Waals surface area contributed by atoms with Gasteiger partial charge >= 0.3 is 0 Å². The Balaban J connectivity index is 2.20. The van der Waals surface area contributed by atoms with Crippen molar-refractivity contribution in [2.24, 2.45) is 5.73 Å². The van der Waals surface area contributed by atoms with Crippen LogP contribution < -0.4 is 5.73 Å². The smallest absolute Gasteiger partial charge is 0.129 e. The van der Waals surface area contributed by atoms with Crippen molar-refractivity contribution in [2.75, 3.05) is 33.2 Å². The quantitative estimate of drug-likeness (QED) is 0.923. The standard InChI is InChI=1S/C14H21ClFN3/c1-10-9-19(6-5-18(10)2)14(8-17)12-4-3-11(15)7-13(12)16/h3-4,7,10,14H,5-6,8-9,17H2,1-2H3. The number of hydrogen-bond donors (Lipinski definition) is 1. The monoisotopic (exact) mass is 285 g/mol. The molecule has 2 N–H and O–H groups in total. The van der Waals surface area contributed by atoms with Gasteiger partial charge in [0.2, 0.25) is 0 Å². The molecule has 2 rings (SSSR count). The predicted octanol–water partition coefficient (Wildman–Crippen LogP) is 2.11. The third-order valence-corrected chi connectivity index (χ3v) is 4.21. The third kappa shape index (κ3) is 3.26. The first-order valence-corrected chi connectivity index (χ1v) is 7.00. The molecule has 0 amide bonds. The maximum absolute atomic E-state index is 14.0. The molecule has 106 valence electrons. The van der Waals surface area contributed by atoms with E-state index in [0.717, 1.165) is 19.6 Å². The Kier molecular flexibility index (Phi) is 4.79. The van der Waals surface area contributed by atoms with Crippen LogP contribution in [0, 0.1) is 5.82 Å². The summed E-state index contributed by atoms with van der Waals surface area (Å²) in [5.74, 6) is -0.269. The maximum Gasteiger partial charge on any atom is 0.129 e. The van der Waals surface area contributed by atoms with Crippen molar-refractivity contribution in [1.82, 2.24) is 9.80 Å². The molecule has 0 spiro atoms. The molecule has 1 aromatic rings. The van der Waals surface area contributed by atoms with Crippen LogP contribution in [0.2, 0.25) is 5.02 Å². The number of nitrogens with zero attached hydrogens (tertiary/aromatic N) is 2. The van der Waals surface area contributed by atoms with Crippen LogP contribution in [0.5, 0.6) is 0 Å². The molecular weight excluding hydrogens is 265 g/mol. The highest BCUT2D eigenvalue weighted by molar-refractivity contribution is 6.30. The zero-order valence-corrected chi connectivity index (χ0v) is 12.2. The van der Waals surface area contributed by atoms with E-state index in [1.165, 1.54) is 6.07 Å². The SMILES string of the molecule is CC1CN(C(CN)c2ccc(Cl)cc2F)CCN1C. The number of rotatable bonds is 3. The lowest BCUT2D eigenvalue weighted by Gasteiger charge is -2.41. The molecule has 3 nitrogen and oxygen atoms in total. The minimum Gasteiger partial charge on any atom is -0.329 e. The van der Waals surface area contributed by atoms with E-state index >= 15 is 0 Å². The summed E-state index contributed by atoms with van der Waals surface area (Å²) in [7, 11) is 2.11. The minimum atomic E-state index is -0.269. The van der Waals surface area contributed by atoms with Crippen molar-refractivity contribution in [1.29, 1.82) is 0 Å². The molecule has 1 aromatic carbocycles. The Morgan fingerprint density at radius 3 is 2.79 bits per heavy atom. The Morgan fingerprint density at radius 1 is 1.47 bits per heavy atom. The van der Waals surface area contributed by atoms with E-state index in [9.17, 15) is 4.39 Å². The van der Waals surface area contributed by atoms with Gasteiger partial charge in [-0.2, -0.15) is 0 Å². The highest BCUT2D eigenvalue weighted by Gasteiger charge is 2.28. The summed E-state index contributed by atoms with van der Waals surface area (Å²) in [6.07, 6.45) is 0. The van der Waals surface area contributed by atoms with Crippen LogP contribution in [0.25, 0.3) is 0 Å². The third-order valence-electron chi connectivity index (χ3n) is 3.98. The summed E-state index contributed by atoms with van der Waals surface area (Å²) in [5.41, 5.74) is 6.51. The zero-order valence-electron chi connectivity index (χ0n) is 11.4. The van der Waals surface area contributed by atoms with Crippen LogP contribution in [0.4, 0.5) is 4.39 Å². The highest BCUT2D eigenvalue weighted by atomic mass is 35.5. The van der Waals surface area contributed by atoms with E-state index in [-0.39, 0.29) is 11.9 Å². The summed E-state index contributed by atoms with van der Waals surface area (Å²) in [5, 5.41) is 0.420. The second kappa shape index (κ2) is 6.18. The molecule has 1 aliphatic rings. The van der Waals surface area contributed by atoms with E-state index in [4.69, 9.17) is 17.3 Å². The molecule has 0 aromatic heterocycles. The van der Waals surface area contributed by atoms with Crippen LogP contribution in [0.15, 0.2) is 18.2 Å². The van der Waals surface area contributed by atoms with Crippen molar-refractivity contribution in [3.63, 3.8) is 0 Å². The lowest BCUT2D eigenvalue weighted by molar-refractivity contribution is 0.0729. The molecule has 0 saturated carbocycles. The van der Waals surface area contributed by atoms with Crippen LogP contribution in [-0.2, 0) is 0 Å². The average molecular weight is 286 g/mol. The fourth-order valence-electron chi connectivity index (χ4n) is 2.60. The number of piperazine rings is 1. The van der Waals surface area contributed by atoms with Crippen LogP contribution in [0.1, 0.15) is 18.5 Å². The van der Waals surface area contributed by atoms with Crippen LogP contribution in [0.3, 0.4) is 0 Å². The first-order chi connectivity index (χ1) is 9.02. The van der Waals surface area contributed by atoms with Gasteiger partial charge in [0.1, 0.15) is 5.82 Å². The predicted molar refractivity (Wildman–Crippen MR) is 76.9 cm³/mol. The van der Waals surface area contributed by atoms with Crippen molar-refractivity contribution in [2.45, 2.75) is 19.0 Å². The molecule has 0 bridgehead atoms. The Hall–Kier alpha value is -0.680. The lowest BCUT2D eigenvalue weighted by atomic mass is 10.0. The summed E-state index contributed by atoms with van der Waals surface area (Å²) >= 11 is 5.80. The van der Waals surface area contributed by atoms with Crippen molar-refractivity contribution >= 4 is 11.6 Å². The summed E-state index contributed by atoms with van der Waals surface area (Å²) in [4.78, 5) is 4.57. The van der Waals surface area contributed by atoms with Crippen LogP contribution >= 0.6 is 11.6 Å². The van der Waals surface area contributed by atoms with Gasteiger partial charge in [0.25, 0.3) is 0 Å². The van der Waals surface area contributed by atoms with Gasteiger partial charge < -0.3 is 10.6 Å². The van der Waals surface area contributed by atoms with Crippen LogP contribution in [-0.4, -0.2) is 49.1 Å². The maximum atomic E-state index is 14.0. The molecule has 2 atom stereocenters. The van der Waals surface area contributed by atoms with Crippen molar-refractivity contribution < 1.29 is 4.39 Å². The summed E-state index contributed by atoms with van der Waals surface area (Å²) < 4.78 is 14.0. The van der Waals surface area contributed by atoms with E-state index < -0.39 is 0 Å². The number of nitrogens with two attached hydrogens (primary N) is 1. The molecular formula is C14H21ClFN3. The Bertz CT molecular complexity index is 441. The van der Waals surface area contributed by atoms with E-state index in [0.29, 0.717) is 23.2 Å². The molecule has 0 aliphatic carbocycles. The van der Waals surface area contributed by atoms with E-state index in [1.807, 2.05) is 0 Å². The van der Waals surface area contributed by atoms with Gasteiger partial charge in [-0.25, -0.2) is 4.39 Å². The number of hydrogen-bond acceptors (Lipinski definition) is 3. The lowest BCUT2D eigenvalue weighted by Crippen LogP contribution is -2.52. The van der Waals surface area contributed by atoms with Crippen molar-refractivity contribution in [3.8, 4) is 0 Å². The van der Waals surface area contributed by atoms with Gasteiger partial charge in [0.05, 0.1) is 6.04 Å². The Labute approximate surface area is 119 Å². The molecule has 2 unspecified atom stereocenters. The number of likely N-dealkylation sites (N-methyl/N-ethyl adjacent to an activating group) is 1. The molecule has 1 aliphatic heterocycles. The fraction of sp³-hybridized carbons (Fsp3) is 0.571. The average Bonchev–Trinajstić information content (AvgIpc) is 2.37. The topological polar surface area (TPSA) is 32.5 Å². The van der Waals surface area contributed by atoms with Crippen molar-refractivity contribution in [3.05, 3.63) is 34.6 Å². The molecule has 0 radical (unpaired) electrons. The molecule has 19 heavy (non-hydrogen) atoms. The number of benzene rings is 1. The summed E-state index contributed by atoms with van der Waals surface area (Å²) in [6.45, 7) is 5.38. The first-order valence-electron chi connectivity index (χ1n) is 6.62. The molecule has 1 saturated heterocycles. The van der Waals surface area contributed by atoms with Gasteiger partial charge in [0, 0.05) is 42.8 Å². The van der Waals surface area contributed by atoms with Gasteiger partial charge in [-0.1, -0.05) is 17.7 Å². The molecule has 1 heterocycles. The second-order valence-electron chi connectivity index (χ2n) is 5.24. The van der Waals surface area contributed by atoms with Gasteiger partial charge in [-0.3, -0.25) is 4.90 Å².